The molecule has 39 heavy (non-hydrogen) atoms. The van der Waals surface area contributed by atoms with Gasteiger partial charge in [-0.2, -0.15) is 0 Å². The summed E-state index contributed by atoms with van der Waals surface area (Å²) in [7, 11) is 2.46. The molecule has 1 aromatic heterocycles. The molecule has 1 amide bonds. The van der Waals surface area contributed by atoms with Gasteiger partial charge in [-0.15, -0.1) is 16.8 Å². The lowest BCUT2D eigenvalue weighted by Crippen LogP contribution is -2.16. The third kappa shape index (κ3) is 7.05. The van der Waals surface area contributed by atoms with Crippen LogP contribution in [0.5, 0.6) is 5.75 Å². The van der Waals surface area contributed by atoms with E-state index in [1.807, 2.05) is 28.8 Å². The first kappa shape index (κ1) is 27.9. The van der Waals surface area contributed by atoms with Gasteiger partial charge in [-0.25, -0.2) is 9.59 Å². The number of ether oxygens (including phenoxy) is 3. The summed E-state index contributed by atoms with van der Waals surface area (Å²) in [5.41, 5.74) is 1.35. The zero-order valence-electron chi connectivity index (χ0n) is 21.8. The summed E-state index contributed by atoms with van der Waals surface area (Å²) in [6.07, 6.45) is 6.62. The van der Waals surface area contributed by atoms with Crippen molar-refractivity contribution in [2.24, 2.45) is 0 Å². The van der Waals surface area contributed by atoms with Gasteiger partial charge in [-0.3, -0.25) is 9.36 Å². The first-order valence-electron chi connectivity index (χ1n) is 12.5. The van der Waals surface area contributed by atoms with Crippen LogP contribution in [0.1, 0.15) is 46.4 Å². The van der Waals surface area contributed by atoms with Gasteiger partial charge in [0.1, 0.15) is 5.75 Å². The lowest BCUT2D eigenvalue weighted by atomic mass is 10.1. The molecule has 0 saturated heterocycles. The maximum atomic E-state index is 12.8. The van der Waals surface area contributed by atoms with Crippen molar-refractivity contribution in [3.05, 3.63) is 66.2 Å². The maximum absolute atomic E-state index is 12.8. The molecule has 0 atom stereocenters. The molecule has 1 aliphatic carbocycles. The van der Waals surface area contributed by atoms with Crippen molar-refractivity contribution in [3.63, 3.8) is 0 Å². The first-order chi connectivity index (χ1) is 18.9. The maximum Gasteiger partial charge on any atom is 0.337 e. The minimum atomic E-state index is -0.645. The standard InChI is InChI=1S/C28H30N4O6S/c1-4-13-32-25(18-9-11-23(12-10-18)38-22-7-5-6-8-22)30-31-28(32)39-17-24(33)29-21-15-19(26(34)36-2)14-20(16-21)27(35)37-3/h4,9-12,14-16,22H,1,5-8,13,17H2,2-3H3,(H,29,33). The quantitative estimate of drug-likeness (QED) is 0.205. The van der Waals surface area contributed by atoms with Crippen LogP contribution >= 0.6 is 11.8 Å². The summed E-state index contributed by atoms with van der Waals surface area (Å²) in [6, 6.07) is 12.0. The van der Waals surface area contributed by atoms with Crippen LogP contribution < -0.4 is 10.1 Å². The lowest BCUT2D eigenvalue weighted by Gasteiger charge is -2.13. The minimum Gasteiger partial charge on any atom is -0.490 e. The number of thioether (sulfide) groups is 1. The summed E-state index contributed by atoms with van der Waals surface area (Å²) < 4.78 is 17.4. The number of amides is 1. The van der Waals surface area contributed by atoms with E-state index in [1.165, 1.54) is 57.0 Å². The van der Waals surface area contributed by atoms with Crippen molar-refractivity contribution in [3.8, 4) is 17.1 Å². The molecule has 0 bridgehead atoms. The van der Waals surface area contributed by atoms with Gasteiger partial charge < -0.3 is 19.5 Å². The second-order valence-corrected chi connectivity index (χ2v) is 9.82. The molecular weight excluding hydrogens is 520 g/mol. The monoisotopic (exact) mass is 550 g/mol. The molecule has 3 aromatic rings. The van der Waals surface area contributed by atoms with Crippen LogP contribution in [-0.4, -0.2) is 58.7 Å². The Morgan fingerprint density at radius 3 is 2.26 bits per heavy atom. The molecule has 1 fully saturated rings. The topological polar surface area (TPSA) is 122 Å². The van der Waals surface area contributed by atoms with Crippen LogP contribution in [0.4, 0.5) is 5.69 Å². The van der Waals surface area contributed by atoms with Gasteiger partial charge in [0.05, 0.1) is 37.2 Å². The van der Waals surface area contributed by atoms with Crippen molar-refractivity contribution in [1.29, 1.82) is 0 Å². The molecule has 4 rings (SSSR count). The number of allylic oxidation sites excluding steroid dienone is 1. The fourth-order valence-electron chi connectivity index (χ4n) is 4.28. The number of carbonyl (C=O) groups excluding carboxylic acids is 3. The second-order valence-electron chi connectivity index (χ2n) is 8.87. The van der Waals surface area contributed by atoms with E-state index in [0.29, 0.717) is 17.5 Å². The van der Waals surface area contributed by atoms with Crippen molar-refractivity contribution < 1.29 is 28.6 Å². The van der Waals surface area contributed by atoms with Gasteiger partial charge in [0, 0.05) is 17.8 Å². The molecule has 204 valence electrons. The van der Waals surface area contributed by atoms with Crippen LogP contribution in [0.15, 0.2) is 60.3 Å². The highest BCUT2D eigenvalue weighted by atomic mass is 32.2. The first-order valence-corrected chi connectivity index (χ1v) is 13.5. The Bertz CT molecular complexity index is 1310. The Kier molecular flexibility index (Phi) is 9.37. The minimum absolute atomic E-state index is 0.0133. The van der Waals surface area contributed by atoms with Crippen LogP contribution in [0.25, 0.3) is 11.4 Å². The number of nitrogens with one attached hydrogen (secondary N) is 1. The Balaban J connectivity index is 1.44. The van der Waals surface area contributed by atoms with E-state index < -0.39 is 11.9 Å². The number of methoxy groups -OCH3 is 2. The second kappa shape index (κ2) is 13.1. The van der Waals surface area contributed by atoms with Gasteiger partial charge in [-0.05, 0) is 68.1 Å². The summed E-state index contributed by atoms with van der Waals surface area (Å²) in [5, 5.41) is 11.9. The molecule has 0 radical (unpaired) electrons. The Hall–Kier alpha value is -4.12. The SMILES string of the molecule is C=CCn1c(SCC(=O)Nc2cc(C(=O)OC)cc(C(=O)OC)c2)nnc1-c1ccc(OC2CCCC2)cc1. The lowest BCUT2D eigenvalue weighted by molar-refractivity contribution is -0.113. The summed E-state index contributed by atoms with van der Waals surface area (Å²) in [5.74, 6) is -0.153. The zero-order valence-corrected chi connectivity index (χ0v) is 22.7. The molecule has 1 aliphatic rings. The Labute approximate surface area is 230 Å². The van der Waals surface area contributed by atoms with E-state index in [-0.39, 0.29) is 34.6 Å². The molecule has 0 spiro atoms. The van der Waals surface area contributed by atoms with Crippen molar-refractivity contribution >= 4 is 35.3 Å². The molecule has 1 N–H and O–H groups in total. The summed E-state index contributed by atoms with van der Waals surface area (Å²) in [4.78, 5) is 36.8. The molecule has 2 aromatic carbocycles. The zero-order chi connectivity index (χ0) is 27.8. The van der Waals surface area contributed by atoms with Crippen molar-refractivity contribution in [2.45, 2.75) is 43.5 Å². The van der Waals surface area contributed by atoms with E-state index in [0.717, 1.165) is 24.2 Å². The van der Waals surface area contributed by atoms with E-state index in [9.17, 15) is 14.4 Å². The number of aromatic nitrogens is 3. The molecule has 0 unspecified atom stereocenters. The van der Waals surface area contributed by atoms with Crippen molar-refractivity contribution in [1.82, 2.24) is 14.8 Å². The number of nitrogens with zero attached hydrogens (tertiary/aromatic N) is 3. The summed E-state index contributed by atoms with van der Waals surface area (Å²) in [6.45, 7) is 4.29. The Morgan fingerprint density at radius 2 is 1.67 bits per heavy atom. The molecule has 10 nitrogen and oxygen atoms in total. The smallest absolute Gasteiger partial charge is 0.337 e. The number of esters is 2. The summed E-state index contributed by atoms with van der Waals surface area (Å²) >= 11 is 1.21. The molecule has 0 aliphatic heterocycles. The van der Waals surface area contributed by atoms with E-state index >= 15 is 0 Å². The normalized spacial score (nSPS) is 13.1. The highest BCUT2D eigenvalue weighted by Crippen LogP contribution is 2.28. The predicted octanol–water partition coefficient (Wildman–Crippen LogP) is 4.76. The van der Waals surface area contributed by atoms with Gasteiger partial charge in [0.15, 0.2) is 11.0 Å². The Morgan fingerprint density at radius 1 is 1.03 bits per heavy atom. The molecule has 11 heteroatoms. The molecule has 1 heterocycles. The van der Waals surface area contributed by atoms with E-state index in [2.05, 4.69) is 22.1 Å². The fourth-order valence-corrected chi connectivity index (χ4v) is 5.03. The van der Waals surface area contributed by atoms with Gasteiger partial charge >= 0.3 is 11.9 Å². The van der Waals surface area contributed by atoms with Crippen LogP contribution in [0.3, 0.4) is 0 Å². The molecule has 1 saturated carbocycles. The highest BCUT2D eigenvalue weighted by Gasteiger charge is 2.19. The average molecular weight is 551 g/mol. The number of benzene rings is 2. The fraction of sp³-hybridized carbons (Fsp3) is 0.321. The highest BCUT2D eigenvalue weighted by molar-refractivity contribution is 7.99. The van der Waals surface area contributed by atoms with Gasteiger partial charge in [-0.1, -0.05) is 17.8 Å². The number of carbonyl (C=O) groups is 3. The predicted molar refractivity (Wildman–Crippen MR) is 147 cm³/mol. The number of rotatable bonds is 11. The van der Waals surface area contributed by atoms with Crippen LogP contribution in [-0.2, 0) is 20.8 Å². The number of hydrogen-bond acceptors (Lipinski definition) is 9. The van der Waals surface area contributed by atoms with E-state index in [1.54, 1.807) is 6.08 Å². The van der Waals surface area contributed by atoms with Gasteiger partial charge in [0.25, 0.3) is 0 Å². The largest absolute Gasteiger partial charge is 0.490 e. The number of anilines is 1. The van der Waals surface area contributed by atoms with Crippen LogP contribution in [0.2, 0.25) is 0 Å². The van der Waals surface area contributed by atoms with Gasteiger partial charge in [0.2, 0.25) is 5.91 Å². The van der Waals surface area contributed by atoms with Crippen LogP contribution in [0, 0.1) is 0 Å². The third-order valence-electron chi connectivity index (χ3n) is 6.14. The third-order valence-corrected chi connectivity index (χ3v) is 7.10. The van der Waals surface area contributed by atoms with E-state index in [4.69, 9.17) is 14.2 Å². The number of hydrogen-bond donors (Lipinski definition) is 1. The molecular formula is C28H30N4O6S. The average Bonchev–Trinajstić information content (AvgIpc) is 3.61. The van der Waals surface area contributed by atoms with Crippen molar-refractivity contribution in [2.75, 3.05) is 25.3 Å².